The van der Waals surface area contributed by atoms with Crippen LogP contribution >= 0.6 is 11.6 Å². The molecule has 0 spiro atoms. The molecule has 1 aliphatic heterocycles. The summed E-state index contributed by atoms with van der Waals surface area (Å²) in [6, 6.07) is 15.6. The zero-order chi connectivity index (χ0) is 26.6. The Kier molecular flexibility index (Phi) is 8.05. The number of ether oxygens (including phenoxy) is 2. The van der Waals surface area contributed by atoms with Crippen LogP contribution < -0.4 is 14.8 Å². The molecule has 0 aliphatic carbocycles. The van der Waals surface area contributed by atoms with Gasteiger partial charge in [-0.3, -0.25) is 9.52 Å². The van der Waals surface area contributed by atoms with Gasteiger partial charge in [0.2, 0.25) is 10.0 Å². The predicted molar refractivity (Wildman–Crippen MR) is 139 cm³/mol. The Balaban J connectivity index is 1.53. The first-order valence-corrected chi connectivity index (χ1v) is 14.4. The van der Waals surface area contributed by atoms with Crippen molar-refractivity contribution in [3.05, 3.63) is 77.3 Å². The van der Waals surface area contributed by atoms with E-state index >= 15 is 0 Å². The number of carbonyl (C=O) groups excluding carboxylic acids is 1. The molecule has 3 aromatic carbocycles. The molecular formula is C24H24ClN3O7S2. The van der Waals surface area contributed by atoms with Crippen molar-refractivity contribution in [2.24, 2.45) is 0 Å². The smallest absolute Gasteiger partial charge is 0.261 e. The van der Waals surface area contributed by atoms with Gasteiger partial charge in [-0.25, -0.2) is 16.8 Å². The van der Waals surface area contributed by atoms with Crippen molar-refractivity contribution in [3.8, 4) is 5.75 Å². The van der Waals surface area contributed by atoms with E-state index in [1.165, 1.54) is 78.1 Å². The molecule has 3 aromatic rings. The summed E-state index contributed by atoms with van der Waals surface area (Å²) in [7, 11) is -6.24. The first kappa shape index (κ1) is 26.9. The number of anilines is 2. The Bertz CT molecular complexity index is 1490. The number of hydrogen-bond donors (Lipinski definition) is 2. The molecule has 1 saturated heterocycles. The van der Waals surface area contributed by atoms with Gasteiger partial charge in [-0.1, -0.05) is 11.6 Å². The number of hydrogen-bond acceptors (Lipinski definition) is 7. The highest BCUT2D eigenvalue weighted by molar-refractivity contribution is 7.92. The Morgan fingerprint density at radius 3 is 2.16 bits per heavy atom. The molecule has 0 atom stereocenters. The van der Waals surface area contributed by atoms with Gasteiger partial charge in [0, 0.05) is 23.8 Å². The molecule has 0 unspecified atom stereocenters. The van der Waals surface area contributed by atoms with Crippen molar-refractivity contribution in [3.63, 3.8) is 0 Å². The minimum absolute atomic E-state index is 0.0178. The zero-order valence-electron chi connectivity index (χ0n) is 19.7. The van der Waals surface area contributed by atoms with Crippen LogP contribution in [-0.2, 0) is 24.8 Å². The van der Waals surface area contributed by atoms with Gasteiger partial charge in [0.25, 0.3) is 15.9 Å². The maximum atomic E-state index is 13.1. The molecule has 1 heterocycles. The van der Waals surface area contributed by atoms with Crippen molar-refractivity contribution >= 4 is 48.9 Å². The number of amides is 1. The summed E-state index contributed by atoms with van der Waals surface area (Å²) < 4.78 is 65.4. The van der Waals surface area contributed by atoms with E-state index in [1.54, 1.807) is 0 Å². The van der Waals surface area contributed by atoms with E-state index in [-0.39, 0.29) is 39.2 Å². The van der Waals surface area contributed by atoms with Crippen LogP contribution in [0.4, 0.5) is 11.4 Å². The zero-order valence-corrected chi connectivity index (χ0v) is 22.1. The topological polar surface area (TPSA) is 131 Å². The van der Waals surface area contributed by atoms with Crippen molar-refractivity contribution < 1.29 is 31.1 Å². The van der Waals surface area contributed by atoms with E-state index in [2.05, 4.69) is 10.0 Å². The second-order valence-electron chi connectivity index (χ2n) is 7.97. The van der Waals surface area contributed by atoms with Gasteiger partial charge in [-0.2, -0.15) is 4.31 Å². The van der Waals surface area contributed by atoms with Crippen LogP contribution in [-0.4, -0.2) is 60.5 Å². The molecule has 1 aliphatic rings. The SMILES string of the molecule is COc1ccc(S(=O)(=O)Nc2ccc(Cl)cc2C(=O)Nc2ccc(S(=O)(=O)N3CCOCC3)cc2)cc1. The summed E-state index contributed by atoms with van der Waals surface area (Å²) in [5, 5.41) is 2.87. The summed E-state index contributed by atoms with van der Waals surface area (Å²) in [6.45, 7) is 1.20. The molecule has 1 fully saturated rings. The fourth-order valence-corrected chi connectivity index (χ4v) is 6.26. The van der Waals surface area contributed by atoms with Gasteiger partial charge in [-0.15, -0.1) is 0 Å². The maximum Gasteiger partial charge on any atom is 0.261 e. The molecule has 196 valence electrons. The average Bonchev–Trinajstić information content (AvgIpc) is 2.90. The Morgan fingerprint density at radius 1 is 0.919 bits per heavy atom. The lowest BCUT2D eigenvalue weighted by atomic mass is 10.1. The molecule has 0 radical (unpaired) electrons. The molecular weight excluding hydrogens is 542 g/mol. The second kappa shape index (κ2) is 11.1. The molecule has 1 amide bonds. The standard InChI is InChI=1S/C24H24ClN3O7S2/c1-34-19-5-9-20(10-6-19)36(30,31)27-23-11-2-17(25)16-22(23)24(29)26-18-3-7-21(8-4-18)37(32,33)28-12-14-35-15-13-28/h2-11,16,27H,12-15H2,1H3,(H,26,29). The quantitative estimate of drug-likeness (QED) is 0.428. The summed E-state index contributed by atoms with van der Waals surface area (Å²) in [5.41, 5.74) is 0.314. The predicted octanol–water partition coefficient (Wildman–Crippen LogP) is 3.42. The number of benzene rings is 3. The molecule has 0 aromatic heterocycles. The Hall–Kier alpha value is -3.16. The molecule has 0 bridgehead atoms. The van der Waals surface area contributed by atoms with Gasteiger partial charge in [0.15, 0.2) is 0 Å². The summed E-state index contributed by atoms with van der Waals surface area (Å²) >= 11 is 6.08. The highest BCUT2D eigenvalue weighted by Crippen LogP contribution is 2.26. The van der Waals surface area contributed by atoms with Crippen molar-refractivity contribution in [1.82, 2.24) is 4.31 Å². The Labute approximate surface area is 220 Å². The number of nitrogens with one attached hydrogen (secondary N) is 2. The van der Waals surface area contributed by atoms with Crippen LogP contribution in [0.25, 0.3) is 0 Å². The summed E-state index contributed by atoms with van der Waals surface area (Å²) in [4.78, 5) is 13.1. The average molecular weight is 566 g/mol. The lowest BCUT2D eigenvalue weighted by Gasteiger charge is -2.26. The van der Waals surface area contributed by atoms with E-state index in [4.69, 9.17) is 21.1 Å². The number of nitrogens with zero attached hydrogens (tertiary/aromatic N) is 1. The highest BCUT2D eigenvalue weighted by Gasteiger charge is 2.26. The molecule has 10 nitrogen and oxygen atoms in total. The summed E-state index contributed by atoms with van der Waals surface area (Å²) in [6.07, 6.45) is 0. The third kappa shape index (κ3) is 6.22. The molecule has 37 heavy (non-hydrogen) atoms. The van der Waals surface area contributed by atoms with Crippen molar-refractivity contribution in [1.29, 1.82) is 0 Å². The van der Waals surface area contributed by atoms with Gasteiger partial charge >= 0.3 is 0 Å². The number of morpholine rings is 1. The fraction of sp³-hybridized carbons (Fsp3) is 0.208. The molecule has 4 rings (SSSR count). The van der Waals surface area contributed by atoms with E-state index in [1.807, 2.05) is 0 Å². The van der Waals surface area contributed by atoms with Crippen LogP contribution in [0.3, 0.4) is 0 Å². The van der Waals surface area contributed by atoms with E-state index in [9.17, 15) is 21.6 Å². The first-order valence-electron chi connectivity index (χ1n) is 11.1. The van der Waals surface area contributed by atoms with Crippen LogP contribution in [0, 0.1) is 0 Å². The van der Waals surface area contributed by atoms with E-state index in [0.717, 1.165) is 0 Å². The van der Waals surface area contributed by atoms with E-state index in [0.29, 0.717) is 24.7 Å². The van der Waals surface area contributed by atoms with Crippen LogP contribution in [0.15, 0.2) is 76.5 Å². The minimum atomic E-state index is -4.02. The van der Waals surface area contributed by atoms with Crippen molar-refractivity contribution in [2.45, 2.75) is 9.79 Å². The van der Waals surface area contributed by atoms with Gasteiger partial charge in [0.1, 0.15) is 5.75 Å². The maximum absolute atomic E-state index is 13.1. The van der Waals surface area contributed by atoms with E-state index < -0.39 is 26.0 Å². The van der Waals surface area contributed by atoms with Gasteiger partial charge in [0.05, 0.1) is 41.4 Å². The van der Waals surface area contributed by atoms with Crippen molar-refractivity contribution in [2.75, 3.05) is 43.5 Å². The summed E-state index contributed by atoms with van der Waals surface area (Å²) in [5.74, 6) is -0.145. The third-order valence-electron chi connectivity index (χ3n) is 5.56. The number of sulfonamides is 2. The monoisotopic (exact) mass is 565 g/mol. The lowest BCUT2D eigenvalue weighted by molar-refractivity contribution is 0.0730. The lowest BCUT2D eigenvalue weighted by Crippen LogP contribution is -2.40. The largest absolute Gasteiger partial charge is 0.497 e. The van der Waals surface area contributed by atoms with Crippen LogP contribution in [0.2, 0.25) is 5.02 Å². The molecule has 2 N–H and O–H groups in total. The fourth-order valence-electron chi connectivity index (χ4n) is 3.60. The highest BCUT2D eigenvalue weighted by atomic mass is 35.5. The molecule has 13 heteroatoms. The first-order chi connectivity index (χ1) is 17.6. The van der Waals surface area contributed by atoms with Gasteiger partial charge in [-0.05, 0) is 66.7 Å². The number of rotatable bonds is 8. The third-order valence-corrected chi connectivity index (χ3v) is 9.09. The number of halogens is 1. The minimum Gasteiger partial charge on any atom is -0.497 e. The van der Waals surface area contributed by atoms with Gasteiger partial charge < -0.3 is 14.8 Å². The number of methoxy groups -OCH3 is 1. The van der Waals surface area contributed by atoms with Crippen LogP contribution in [0.1, 0.15) is 10.4 Å². The number of carbonyl (C=O) groups is 1. The second-order valence-corrected chi connectivity index (χ2v) is 12.0. The van der Waals surface area contributed by atoms with Crippen LogP contribution in [0.5, 0.6) is 5.75 Å². The Morgan fingerprint density at radius 2 is 1.54 bits per heavy atom. The normalized spacial score (nSPS) is 14.6. The molecule has 0 saturated carbocycles.